The van der Waals surface area contributed by atoms with Crippen molar-refractivity contribution in [3.05, 3.63) is 17.5 Å². The molecule has 0 bridgehead atoms. The highest BCUT2D eigenvalue weighted by Crippen LogP contribution is 2.41. The molecule has 3 rings (SSSR count). The van der Waals surface area contributed by atoms with E-state index < -0.39 is 0 Å². The van der Waals surface area contributed by atoms with Gasteiger partial charge in [0.2, 0.25) is 0 Å². The molecule has 0 aliphatic heterocycles. The lowest BCUT2D eigenvalue weighted by Gasteiger charge is -2.31. The topological polar surface area (TPSA) is 72.9 Å². The molecule has 128 valence electrons. The number of rotatable bonds is 4. The van der Waals surface area contributed by atoms with Crippen LogP contribution in [0.2, 0.25) is 0 Å². The molecular weight excluding hydrogens is 288 g/mol. The van der Waals surface area contributed by atoms with E-state index in [0.29, 0.717) is 24.1 Å². The number of nitrogens with one attached hydrogen (secondary N) is 1. The van der Waals surface area contributed by atoms with Gasteiger partial charge in [0.1, 0.15) is 5.69 Å². The summed E-state index contributed by atoms with van der Waals surface area (Å²) in [4.78, 5) is 12.7. The standard InChI is InChI=1S/C18H30N4O/c1-18(2,3)22-16(12-8-9-12)10-15(21-22)17(23)20-14-7-5-4-6-13(14)11-19/h10,12-14H,4-9,11,19H2,1-3H3,(H,20,23). The quantitative estimate of drug-likeness (QED) is 0.896. The van der Waals surface area contributed by atoms with Gasteiger partial charge in [0.25, 0.3) is 5.91 Å². The zero-order chi connectivity index (χ0) is 16.6. The summed E-state index contributed by atoms with van der Waals surface area (Å²) in [5.74, 6) is 0.940. The van der Waals surface area contributed by atoms with Crippen LogP contribution < -0.4 is 11.1 Å². The number of hydrogen-bond acceptors (Lipinski definition) is 3. The maximum Gasteiger partial charge on any atom is 0.272 e. The Morgan fingerprint density at radius 3 is 2.61 bits per heavy atom. The summed E-state index contributed by atoms with van der Waals surface area (Å²) in [6.07, 6.45) is 6.96. The Balaban J connectivity index is 1.77. The third-order valence-corrected chi connectivity index (χ3v) is 5.13. The van der Waals surface area contributed by atoms with Gasteiger partial charge < -0.3 is 11.1 Å². The summed E-state index contributed by atoms with van der Waals surface area (Å²) < 4.78 is 2.04. The van der Waals surface area contributed by atoms with Crippen molar-refractivity contribution in [1.82, 2.24) is 15.1 Å². The van der Waals surface area contributed by atoms with Crippen molar-refractivity contribution in [2.45, 2.75) is 76.8 Å². The van der Waals surface area contributed by atoms with Crippen molar-refractivity contribution in [2.75, 3.05) is 6.54 Å². The van der Waals surface area contributed by atoms with Crippen molar-refractivity contribution in [2.24, 2.45) is 11.7 Å². The number of hydrogen-bond donors (Lipinski definition) is 2. The predicted molar refractivity (Wildman–Crippen MR) is 91.5 cm³/mol. The van der Waals surface area contributed by atoms with Crippen molar-refractivity contribution in [3.8, 4) is 0 Å². The highest BCUT2D eigenvalue weighted by molar-refractivity contribution is 5.92. The van der Waals surface area contributed by atoms with E-state index in [1.807, 2.05) is 10.7 Å². The van der Waals surface area contributed by atoms with Gasteiger partial charge in [-0.3, -0.25) is 9.48 Å². The van der Waals surface area contributed by atoms with E-state index in [1.165, 1.54) is 31.4 Å². The summed E-state index contributed by atoms with van der Waals surface area (Å²) in [6.45, 7) is 7.06. The van der Waals surface area contributed by atoms with E-state index >= 15 is 0 Å². The van der Waals surface area contributed by atoms with Gasteiger partial charge in [-0.15, -0.1) is 0 Å². The summed E-state index contributed by atoms with van der Waals surface area (Å²) >= 11 is 0. The Morgan fingerprint density at radius 1 is 1.30 bits per heavy atom. The number of nitrogens with two attached hydrogens (primary N) is 1. The lowest BCUT2D eigenvalue weighted by atomic mass is 9.84. The number of amides is 1. The fraction of sp³-hybridized carbons (Fsp3) is 0.778. The van der Waals surface area contributed by atoms with E-state index in [2.05, 4.69) is 31.2 Å². The Hall–Kier alpha value is -1.36. The normalized spacial score (nSPS) is 25.4. The van der Waals surface area contributed by atoms with Crippen molar-refractivity contribution >= 4 is 5.91 Å². The summed E-state index contributed by atoms with van der Waals surface area (Å²) in [7, 11) is 0. The van der Waals surface area contributed by atoms with Gasteiger partial charge in [-0.2, -0.15) is 5.10 Å². The van der Waals surface area contributed by atoms with Crippen LogP contribution in [0.25, 0.3) is 0 Å². The molecule has 0 saturated heterocycles. The summed E-state index contributed by atoms with van der Waals surface area (Å²) in [5, 5.41) is 7.83. The molecule has 1 heterocycles. The molecule has 2 unspecified atom stereocenters. The van der Waals surface area contributed by atoms with Crippen LogP contribution >= 0.6 is 0 Å². The molecule has 0 aromatic carbocycles. The molecule has 5 nitrogen and oxygen atoms in total. The third-order valence-electron chi connectivity index (χ3n) is 5.13. The molecule has 2 aliphatic carbocycles. The van der Waals surface area contributed by atoms with Gasteiger partial charge in [-0.05, 0) is 65.0 Å². The van der Waals surface area contributed by atoms with E-state index in [1.54, 1.807) is 0 Å². The van der Waals surface area contributed by atoms with Crippen LogP contribution in [-0.4, -0.2) is 28.3 Å². The van der Waals surface area contributed by atoms with Gasteiger partial charge in [-0.1, -0.05) is 12.8 Å². The number of carbonyl (C=O) groups excluding carboxylic acids is 1. The molecule has 2 aliphatic rings. The minimum atomic E-state index is -0.0961. The smallest absolute Gasteiger partial charge is 0.272 e. The van der Waals surface area contributed by atoms with Crippen LogP contribution in [0.4, 0.5) is 0 Å². The first-order valence-electron chi connectivity index (χ1n) is 9.01. The molecule has 1 aromatic heterocycles. The van der Waals surface area contributed by atoms with Crippen LogP contribution in [0, 0.1) is 5.92 Å². The van der Waals surface area contributed by atoms with E-state index in [-0.39, 0.29) is 17.5 Å². The first kappa shape index (κ1) is 16.5. The predicted octanol–water partition coefficient (Wildman–Crippen LogP) is 2.76. The molecular formula is C18H30N4O. The Kier molecular flexibility index (Phi) is 4.50. The SMILES string of the molecule is CC(C)(C)n1nc(C(=O)NC2CCCCC2CN)cc1C1CC1. The van der Waals surface area contributed by atoms with Gasteiger partial charge >= 0.3 is 0 Å². The fourth-order valence-corrected chi connectivity index (χ4v) is 3.64. The average Bonchev–Trinajstić information content (AvgIpc) is 3.24. The van der Waals surface area contributed by atoms with Gasteiger partial charge in [0.15, 0.2) is 0 Å². The van der Waals surface area contributed by atoms with Crippen LogP contribution in [0.15, 0.2) is 6.07 Å². The maximum atomic E-state index is 12.7. The second-order valence-electron chi connectivity index (χ2n) is 8.17. The highest BCUT2D eigenvalue weighted by Gasteiger charge is 2.33. The van der Waals surface area contributed by atoms with Gasteiger partial charge in [0, 0.05) is 17.7 Å². The first-order chi connectivity index (χ1) is 10.9. The minimum Gasteiger partial charge on any atom is -0.348 e. The van der Waals surface area contributed by atoms with Crippen LogP contribution in [0.1, 0.15) is 81.4 Å². The second kappa shape index (κ2) is 6.27. The molecule has 2 atom stereocenters. The first-order valence-corrected chi connectivity index (χ1v) is 9.01. The highest BCUT2D eigenvalue weighted by atomic mass is 16.2. The second-order valence-corrected chi connectivity index (χ2v) is 8.17. The monoisotopic (exact) mass is 318 g/mol. The van der Waals surface area contributed by atoms with Crippen LogP contribution in [0.3, 0.4) is 0 Å². The lowest BCUT2D eigenvalue weighted by Crippen LogP contribution is -2.44. The average molecular weight is 318 g/mol. The number of nitrogens with zero attached hydrogens (tertiary/aromatic N) is 2. The molecule has 0 radical (unpaired) electrons. The lowest BCUT2D eigenvalue weighted by molar-refractivity contribution is 0.0901. The van der Waals surface area contributed by atoms with Crippen molar-refractivity contribution < 1.29 is 4.79 Å². The van der Waals surface area contributed by atoms with Crippen molar-refractivity contribution in [3.63, 3.8) is 0 Å². The molecule has 1 aromatic rings. The third kappa shape index (κ3) is 3.60. The molecule has 1 amide bonds. The maximum absolute atomic E-state index is 12.7. The Morgan fingerprint density at radius 2 is 2.00 bits per heavy atom. The van der Waals surface area contributed by atoms with Crippen molar-refractivity contribution in [1.29, 1.82) is 0 Å². The van der Waals surface area contributed by atoms with E-state index in [4.69, 9.17) is 5.73 Å². The van der Waals surface area contributed by atoms with Gasteiger partial charge in [-0.25, -0.2) is 0 Å². The summed E-state index contributed by atoms with van der Waals surface area (Å²) in [6, 6.07) is 2.20. The summed E-state index contributed by atoms with van der Waals surface area (Å²) in [5.41, 5.74) is 7.54. The fourth-order valence-electron chi connectivity index (χ4n) is 3.64. The minimum absolute atomic E-state index is 0.0414. The Labute approximate surface area is 139 Å². The molecule has 5 heteroatoms. The zero-order valence-electron chi connectivity index (χ0n) is 14.6. The number of carbonyl (C=O) groups is 1. The van der Waals surface area contributed by atoms with E-state index in [9.17, 15) is 4.79 Å². The zero-order valence-corrected chi connectivity index (χ0v) is 14.6. The van der Waals surface area contributed by atoms with Gasteiger partial charge in [0.05, 0.1) is 5.54 Å². The molecule has 0 spiro atoms. The molecule has 2 saturated carbocycles. The van der Waals surface area contributed by atoms with Crippen LogP contribution in [-0.2, 0) is 5.54 Å². The molecule has 2 fully saturated rings. The number of aromatic nitrogens is 2. The Bertz CT molecular complexity index is 568. The molecule has 23 heavy (non-hydrogen) atoms. The van der Waals surface area contributed by atoms with Crippen LogP contribution in [0.5, 0.6) is 0 Å². The molecule has 3 N–H and O–H groups in total. The largest absolute Gasteiger partial charge is 0.348 e. The van der Waals surface area contributed by atoms with E-state index in [0.717, 1.165) is 12.8 Å².